The topological polar surface area (TPSA) is 105 Å². The SMILES string of the molecule is CN(c1ccccc1)S(=O)(=O)c1cccc(C(=O)Nc2cccc(-c3nnco3)c2)c1. The van der Waals surface area contributed by atoms with E-state index >= 15 is 0 Å². The molecule has 1 amide bonds. The molecule has 0 radical (unpaired) electrons. The van der Waals surface area contributed by atoms with Gasteiger partial charge in [0.25, 0.3) is 15.9 Å². The van der Waals surface area contributed by atoms with E-state index in [1.807, 2.05) is 6.07 Å². The van der Waals surface area contributed by atoms with Crippen molar-refractivity contribution in [1.82, 2.24) is 10.2 Å². The van der Waals surface area contributed by atoms with Crippen molar-refractivity contribution in [3.63, 3.8) is 0 Å². The van der Waals surface area contributed by atoms with Gasteiger partial charge in [-0.3, -0.25) is 9.10 Å². The molecular formula is C22H18N4O4S. The summed E-state index contributed by atoms with van der Waals surface area (Å²) in [5.41, 5.74) is 1.90. The van der Waals surface area contributed by atoms with Crippen LogP contribution in [0.1, 0.15) is 10.4 Å². The Morgan fingerprint density at radius 3 is 2.48 bits per heavy atom. The Balaban J connectivity index is 1.57. The van der Waals surface area contributed by atoms with Gasteiger partial charge in [-0.2, -0.15) is 0 Å². The second-order valence-corrected chi connectivity index (χ2v) is 8.58. The highest BCUT2D eigenvalue weighted by Crippen LogP contribution is 2.24. The van der Waals surface area contributed by atoms with Gasteiger partial charge in [0.2, 0.25) is 12.3 Å². The summed E-state index contributed by atoms with van der Waals surface area (Å²) in [5.74, 6) is -0.116. The quantitative estimate of drug-likeness (QED) is 0.495. The van der Waals surface area contributed by atoms with Gasteiger partial charge >= 0.3 is 0 Å². The fourth-order valence-corrected chi connectivity index (χ4v) is 4.21. The minimum atomic E-state index is -3.83. The molecule has 0 saturated carbocycles. The van der Waals surface area contributed by atoms with E-state index in [0.29, 0.717) is 22.8 Å². The first kappa shape index (κ1) is 20.3. The monoisotopic (exact) mass is 434 g/mol. The first-order valence-electron chi connectivity index (χ1n) is 9.27. The standard InChI is InChI=1S/C22H18N4O4S/c1-26(19-10-3-2-4-11-19)31(28,29)20-12-6-7-16(14-20)21(27)24-18-9-5-8-17(13-18)22-25-23-15-30-22/h2-15H,1H3,(H,24,27). The zero-order chi connectivity index (χ0) is 21.8. The summed E-state index contributed by atoms with van der Waals surface area (Å²) in [6.45, 7) is 0. The molecule has 1 heterocycles. The molecular weight excluding hydrogens is 416 g/mol. The third-order valence-electron chi connectivity index (χ3n) is 4.60. The van der Waals surface area contributed by atoms with Crippen LogP contribution in [0.5, 0.6) is 0 Å². The van der Waals surface area contributed by atoms with Crippen molar-refractivity contribution in [1.29, 1.82) is 0 Å². The van der Waals surface area contributed by atoms with Crippen LogP contribution >= 0.6 is 0 Å². The predicted octanol–water partition coefficient (Wildman–Crippen LogP) is 3.81. The van der Waals surface area contributed by atoms with E-state index in [9.17, 15) is 13.2 Å². The van der Waals surface area contributed by atoms with E-state index in [1.54, 1.807) is 54.6 Å². The molecule has 3 aromatic carbocycles. The number of benzene rings is 3. The molecule has 4 aromatic rings. The highest BCUT2D eigenvalue weighted by Gasteiger charge is 2.22. The van der Waals surface area contributed by atoms with Gasteiger partial charge in [-0.05, 0) is 48.5 Å². The van der Waals surface area contributed by atoms with Crippen molar-refractivity contribution >= 4 is 27.3 Å². The number of nitrogens with zero attached hydrogens (tertiary/aromatic N) is 3. The number of sulfonamides is 1. The average Bonchev–Trinajstić information content (AvgIpc) is 3.34. The molecule has 0 aliphatic carbocycles. The normalized spacial score (nSPS) is 11.1. The van der Waals surface area contributed by atoms with Crippen molar-refractivity contribution in [2.45, 2.75) is 4.90 Å². The highest BCUT2D eigenvalue weighted by atomic mass is 32.2. The summed E-state index contributed by atoms with van der Waals surface area (Å²) in [6, 6.07) is 21.5. The molecule has 0 unspecified atom stereocenters. The molecule has 0 aliphatic heterocycles. The van der Waals surface area contributed by atoms with Gasteiger partial charge in [0, 0.05) is 23.9 Å². The maximum absolute atomic E-state index is 13.0. The lowest BCUT2D eigenvalue weighted by Crippen LogP contribution is -2.26. The lowest BCUT2D eigenvalue weighted by atomic mass is 10.1. The number of carbonyl (C=O) groups is 1. The number of hydrogen-bond acceptors (Lipinski definition) is 6. The Morgan fingerprint density at radius 1 is 0.968 bits per heavy atom. The molecule has 8 nitrogen and oxygen atoms in total. The first-order valence-corrected chi connectivity index (χ1v) is 10.7. The van der Waals surface area contributed by atoms with Crippen molar-refractivity contribution in [2.75, 3.05) is 16.7 Å². The molecule has 9 heteroatoms. The van der Waals surface area contributed by atoms with Gasteiger partial charge in [-0.25, -0.2) is 8.42 Å². The van der Waals surface area contributed by atoms with Crippen LogP contribution in [0.3, 0.4) is 0 Å². The highest BCUT2D eigenvalue weighted by molar-refractivity contribution is 7.92. The zero-order valence-corrected chi connectivity index (χ0v) is 17.3. The van der Waals surface area contributed by atoms with Crippen molar-refractivity contribution in [3.8, 4) is 11.5 Å². The Labute approximate surface area is 179 Å². The van der Waals surface area contributed by atoms with Gasteiger partial charge in [-0.15, -0.1) is 10.2 Å². The minimum absolute atomic E-state index is 0.0195. The number of carbonyl (C=O) groups excluding carboxylic acids is 1. The molecule has 156 valence electrons. The Bertz CT molecular complexity index is 1310. The van der Waals surface area contributed by atoms with Crippen LogP contribution in [-0.2, 0) is 10.0 Å². The van der Waals surface area contributed by atoms with E-state index in [1.165, 1.54) is 35.9 Å². The van der Waals surface area contributed by atoms with Gasteiger partial charge < -0.3 is 9.73 Å². The van der Waals surface area contributed by atoms with Gasteiger partial charge in [-0.1, -0.05) is 30.3 Å². The van der Waals surface area contributed by atoms with Crippen LogP contribution in [0.2, 0.25) is 0 Å². The first-order chi connectivity index (χ1) is 14.9. The van der Waals surface area contributed by atoms with Gasteiger partial charge in [0.1, 0.15) is 0 Å². The van der Waals surface area contributed by atoms with E-state index in [0.717, 1.165) is 0 Å². The van der Waals surface area contributed by atoms with Crippen LogP contribution in [0, 0.1) is 0 Å². The maximum Gasteiger partial charge on any atom is 0.264 e. The second kappa shape index (κ2) is 8.41. The molecule has 0 bridgehead atoms. The molecule has 0 aliphatic rings. The lowest BCUT2D eigenvalue weighted by Gasteiger charge is -2.19. The van der Waals surface area contributed by atoms with Crippen molar-refractivity contribution in [2.24, 2.45) is 0 Å². The van der Waals surface area contributed by atoms with Crippen LogP contribution in [0.25, 0.3) is 11.5 Å². The minimum Gasteiger partial charge on any atom is -0.423 e. The number of para-hydroxylation sites is 1. The summed E-state index contributed by atoms with van der Waals surface area (Å²) in [7, 11) is -2.36. The third-order valence-corrected chi connectivity index (χ3v) is 6.38. The van der Waals surface area contributed by atoms with E-state index in [-0.39, 0.29) is 10.5 Å². The van der Waals surface area contributed by atoms with Crippen molar-refractivity contribution in [3.05, 3.63) is 90.8 Å². The fourth-order valence-electron chi connectivity index (χ4n) is 2.96. The Morgan fingerprint density at radius 2 is 1.74 bits per heavy atom. The molecule has 0 fully saturated rings. The molecule has 4 rings (SSSR count). The molecule has 0 spiro atoms. The number of amides is 1. The van der Waals surface area contributed by atoms with Gasteiger partial charge in [0.05, 0.1) is 10.6 Å². The largest absolute Gasteiger partial charge is 0.423 e. The van der Waals surface area contributed by atoms with Crippen LogP contribution < -0.4 is 9.62 Å². The lowest BCUT2D eigenvalue weighted by molar-refractivity contribution is 0.102. The van der Waals surface area contributed by atoms with Crippen molar-refractivity contribution < 1.29 is 17.6 Å². The molecule has 0 atom stereocenters. The van der Waals surface area contributed by atoms with Gasteiger partial charge in [0.15, 0.2) is 0 Å². The summed E-state index contributed by atoms with van der Waals surface area (Å²) in [6.07, 6.45) is 1.22. The third kappa shape index (κ3) is 4.31. The number of hydrogen-bond donors (Lipinski definition) is 1. The zero-order valence-electron chi connectivity index (χ0n) is 16.5. The van der Waals surface area contributed by atoms with E-state index in [4.69, 9.17) is 4.42 Å². The summed E-state index contributed by atoms with van der Waals surface area (Å²) in [4.78, 5) is 12.8. The molecule has 0 saturated heterocycles. The number of rotatable bonds is 6. The number of anilines is 2. The Hall–Kier alpha value is -3.98. The van der Waals surface area contributed by atoms with Crippen LogP contribution in [0.15, 0.2) is 94.6 Å². The average molecular weight is 434 g/mol. The van der Waals surface area contributed by atoms with Crippen LogP contribution in [-0.4, -0.2) is 31.6 Å². The number of aromatic nitrogens is 2. The summed E-state index contributed by atoms with van der Waals surface area (Å²) in [5, 5.41) is 10.2. The maximum atomic E-state index is 13.0. The fraction of sp³-hybridized carbons (Fsp3) is 0.0455. The smallest absolute Gasteiger partial charge is 0.264 e. The molecule has 1 N–H and O–H groups in total. The second-order valence-electron chi connectivity index (χ2n) is 6.61. The Kier molecular flexibility index (Phi) is 5.50. The van der Waals surface area contributed by atoms with E-state index < -0.39 is 15.9 Å². The van der Waals surface area contributed by atoms with Crippen LogP contribution in [0.4, 0.5) is 11.4 Å². The number of nitrogens with one attached hydrogen (secondary N) is 1. The summed E-state index contributed by atoms with van der Waals surface area (Å²) >= 11 is 0. The predicted molar refractivity (Wildman–Crippen MR) is 116 cm³/mol. The summed E-state index contributed by atoms with van der Waals surface area (Å²) < 4.78 is 32.4. The van der Waals surface area contributed by atoms with E-state index in [2.05, 4.69) is 15.5 Å². The molecule has 31 heavy (non-hydrogen) atoms. The molecule has 1 aromatic heterocycles.